The van der Waals surface area contributed by atoms with Gasteiger partial charge in [0, 0.05) is 13.5 Å². The van der Waals surface area contributed by atoms with Crippen molar-refractivity contribution in [2.75, 3.05) is 7.11 Å². The maximum Gasteiger partial charge on any atom is 0.185 e. The number of imidazole rings is 1. The van der Waals surface area contributed by atoms with E-state index in [1.54, 1.807) is 24.0 Å². The van der Waals surface area contributed by atoms with Crippen LogP contribution in [0.25, 0.3) is 0 Å². The van der Waals surface area contributed by atoms with Gasteiger partial charge in [-0.3, -0.25) is 4.79 Å². The summed E-state index contributed by atoms with van der Waals surface area (Å²) in [6.07, 6.45) is 3.20. The van der Waals surface area contributed by atoms with Gasteiger partial charge in [-0.2, -0.15) is 0 Å². The highest BCUT2D eigenvalue weighted by molar-refractivity contribution is 5.95. The predicted molar refractivity (Wildman–Crippen MR) is 64.2 cm³/mol. The molecule has 4 nitrogen and oxygen atoms in total. The van der Waals surface area contributed by atoms with Crippen molar-refractivity contribution in [1.82, 2.24) is 9.55 Å². The minimum atomic E-state index is -0.465. The van der Waals surface area contributed by atoms with Crippen LogP contribution in [0.3, 0.4) is 0 Å². The van der Waals surface area contributed by atoms with E-state index in [9.17, 15) is 9.18 Å². The summed E-state index contributed by atoms with van der Waals surface area (Å²) in [4.78, 5) is 15.8. The number of carbonyl (C=O) groups is 1. The molecule has 0 aliphatic carbocycles. The Morgan fingerprint density at radius 3 is 2.83 bits per heavy atom. The van der Waals surface area contributed by atoms with Crippen LogP contribution in [-0.4, -0.2) is 22.4 Å². The third-order valence-electron chi connectivity index (χ3n) is 2.68. The van der Waals surface area contributed by atoms with Crippen molar-refractivity contribution < 1.29 is 13.9 Å². The highest BCUT2D eigenvalue weighted by Gasteiger charge is 2.12. The summed E-state index contributed by atoms with van der Waals surface area (Å²) in [5.74, 6) is -0.390. The summed E-state index contributed by atoms with van der Waals surface area (Å²) < 4.78 is 19.9. The molecular weight excluding hydrogens is 235 g/mol. The van der Waals surface area contributed by atoms with Crippen LogP contribution in [0.2, 0.25) is 0 Å². The summed E-state index contributed by atoms with van der Waals surface area (Å²) in [6.45, 7) is 0. The van der Waals surface area contributed by atoms with Crippen molar-refractivity contribution in [3.63, 3.8) is 0 Å². The van der Waals surface area contributed by atoms with Crippen LogP contribution in [0, 0.1) is 5.82 Å². The number of carbonyl (C=O) groups excluding carboxylic acids is 1. The number of ketones is 1. The number of methoxy groups -OCH3 is 1. The first-order valence-corrected chi connectivity index (χ1v) is 5.43. The summed E-state index contributed by atoms with van der Waals surface area (Å²) in [5.41, 5.74) is 1.12. The quantitative estimate of drug-likeness (QED) is 0.777. The zero-order valence-electron chi connectivity index (χ0n) is 10.2. The molecule has 1 heterocycles. The molecule has 0 N–H and O–H groups in total. The summed E-state index contributed by atoms with van der Waals surface area (Å²) in [7, 11) is 3.15. The molecular formula is C13H13FN2O2. The fourth-order valence-electron chi connectivity index (χ4n) is 1.72. The normalized spacial score (nSPS) is 10.4. The number of hydrogen-bond acceptors (Lipinski definition) is 3. The lowest BCUT2D eigenvalue weighted by atomic mass is 10.1. The van der Waals surface area contributed by atoms with Gasteiger partial charge in [0.05, 0.1) is 19.6 Å². The zero-order chi connectivity index (χ0) is 13.1. The van der Waals surface area contributed by atoms with Gasteiger partial charge in [0.1, 0.15) is 5.69 Å². The SMILES string of the molecule is COc1ccc(CC(=O)c2cncn2C)cc1F. The van der Waals surface area contributed by atoms with Crippen LogP contribution in [0.5, 0.6) is 5.75 Å². The molecule has 0 amide bonds. The van der Waals surface area contributed by atoms with E-state index in [1.807, 2.05) is 0 Å². The average Bonchev–Trinajstić information content (AvgIpc) is 2.76. The number of benzene rings is 1. The Morgan fingerprint density at radius 1 is 1.50 bits per heavy atom. The number of rotatable bonds is 4. The van der Waals surface area contributed by atoms with Crippen molar-refractivity contribution in [1.29, 1.82) is 0 Å². The van der Waals surface area contributed by atoms with Crippen LogP contribution in [0.4, 0.5) is 4.39 Å². The Hall–Kier alpha value is -2.17. The highest BCUT2D eigenvalue weighted by atomic mass is 19.1. The molecule has 1 aromatic heterocycles. The number of Topliss-reactive ketones (excluding diaryl/α,β-unsaturated/α-hetero) is 1. The lowest BCUT2D eigenvalue weighted by molar-refractivity contribution is 0.0985. The standard InChI is InChI=1S/C13H13FN2O2/c1-16-8-15-7-11(16)12(17)6-9-3-4-13(18-2)10(14)5-9/h3-5,7-8H,6H2,1-2H3. The minimum Gasteiger partial charge on any atom is -0.494 e. The summed E-state index contributed by atoms with van der Waals surface area (Å²) >= 11 is 0. The zero-order valence-corrected chi connectivity index (χ0v) is 10.2. The predicted octanol–water partition coefficient (Wildman–Crippen LogP) is 1.99. The largest absolute Gasteiger partial charge is 0.494 e. The van der Waals surface area contributed by atoms with Gasteiger partial charge in [-0.05, 0) is 17.7 Å². The molecule has 0 bridgehead atoms. The number of ether oxygens (including phenoxy) is 1. The molecule has 0 fully saturated rings. The van der Waals surface area contributed by atoms with Gasteiger partial charge in [-0.25, -0.2) is 9.37 Å². The molecule has 2 rings (SSSR count). The van der Waals surface area contributed by atoms with Crippen LogP contribution in [0.15, 0.2) is 30.7 Å². The van der Waals surface area contributed by atoms with E-state index in [4.69, 9.17) is 4.74 Å². The van der Waals surface area contributed by atoms with Crippen molar-refractivity contribution in [3.05, 3.63) is 47.8 Å². The van der Waals surface area contributed by atoms with E-state index >= 15 is 0 Å². The van der Waals surface area contributed by atoms with E-state index in [2.05, 4.69) is 4.98 Å². The Morgan fingerprint density at radius 2 is 2.28 bits per heavy atom. The second-order valence-electron chi connectivity index (χ2n) is 3.96. The molecule has 1 aromatic carbocycles. The summed E-state index contributed by atoms with van der Waals surface area (Å²) in [6, 6.07) is 4.50. The smallest absolute Gasteiger partial charge is 0.185 e. The molecule has 94 valence electrons. The monoisotopic (exact) mass is 248 g/mol. The van der Waals surface area contributed by atoms with Crippen LogP contribution in [0.1, 0.15) is 16.1 Å². The fourth-order valence-corrected chi connectivity index (χ4v) is 1.72. The first-order valence-electron chi connectivity index (χ1n) is 5.43. The second-order valence-corrected chi connectivity index (χ2v) is 3.96. The number of aryl methyl sites for hydroxylation is 1. The van der Waals surface area contributed by atoms with Gasteiger partial charge >= 0.3 is 0 Å². The van der Waals surface area contributed by atoms with E-state index in [-0.39, 0.29) is 18.0 Å². The van der Waals surface area contributed by atoms with Crippen molar-refractivity contribution in [2.45, 2.75) is 6.42 Å². The van der Waals surface area contributed by atoms with Crippen LogP contribution >= 0.6 is 0 Å². The van der Waals surface area contributed by atoms with Gasteiger partial charge in [-0.15, -0.1) is 0 Å². The molecule has 2 aromatic rings. The first kappa shape index (κ1) is 12.3. The lowest BCUT2D eigenvalue weighted by Crippen LogP contribution is -2.08. The van der Waals surface area contributed by atoms with E-state index in [1.165, 1.54) is 25.4 Å². The highest BCUT2D eigenvalue weighted by Crippen LogP contribution is 2.18. The number of hydrogen-bond donors (Lipinski definition) is 0. The van der Waals surface area contributed by atoms with E-state index in [0.717, 1.165) is 0 Å². The molecule has 18 heavy (non-hydrogen) atoms. The molecule has 0 aliphatic rings. The lowest BCUT2D eigenvalue weighted by Gasteiger charge is -2.05. The Bertz CT molecular complexity index is 578. The van der Waals surface area contributed by atoms with Crippen molar-refractivity contribution in [2.24, 2.45) is 7.05 Å². The summed E-state index contributed by atoms with van der Waals surface area (Å²) in [5, 5.41) is 0. The average molecular weight is 248 g/mol. The molecule has 0 saturated carbocycles. The third kappa shape index (κ3) is 2.40. The third-order valence-corrected chi connectivity index (χ3v) is 2.68. The van der Waals surface area contributed by atoms with E-state index in [0.29, 0.717) is 11.3 Å². The van der Waals surface area contributed by atoms with Gasteiger partial charge in [0.2, 0.25) is 0 Å². The van der Waals surface area contributed by atoms with Crippen LogP contribution in [-0.2, 0) is 13.5 Å². The van der Waals surface area contributed by atoms with Gasteiger partial charge < -0.3 is 9.30 Å². The molecule has 5 heteroatoms. The number of aromatic nitrogens is 2. The molecule has 0 unspecified atom stereocenters. The number of halogens is 1. The van der Waals surface area contributed by atoms with Gasteiger partial charge in [0.25, 0.3) is 0 Å². The second kappa shape index (κ2) is 5.00. The first-order chi connectivity index (χ1) is 8.61. The fraction of sp³-hybridized carbons (Fsp3) is 0.231. The van der Waals surface area contributed by atoms with Crippen molar-refractivity contribution >= 4 is 5.78 Å². The topological polar surface area (TPSA) is 44.1 Å². The van der Waals surface area contributed by atoms with Crippen molar-refractivity contribution in [3.8, 4) is 5.75 Å². The minimum absolute atomic E-state index is 0.0976. The molecule has 0 radical (unpaired) electrons. The Labute approximate surface area is 104 Å². The Balaban J connectivity index is 2.17. The molecule has 0 aliphatic heterocycles. The van der Waals surface area contributed by atoms with Gasteiger partial charge in [0.15, 0.2) is 17.3 Å². The van der Waals surface area contributed by atoms with Crippen LogP contribution < -0.4 is 4.74 Å². The molecule has 0 atom stereocenters. The maximum absolute atomic E-state index is 13.5. The van der Waals surface area contributed by atoms with Gasteiger partial charge in [-0.1, -0.05) is 6.07 Å². The molecule has 0 spiro atoms. The molecule has 0 saturated heterocycles. The maximum atomic E-state index is 13.5. The number of nitrogens with zero attached hydrogens (tertiary/aromatic N) is 2. The Kier molecular flexibility index (Phi) is 3.41. The van der Waals surface area contributed by atoms with E-state index < -0.39 is 5.82 Å².